The van der Waals surface area contributed by atoms with Crippen LogP contribution in [0.2, 0.25) is 13.1 Å². The molecule has 0 spiro atoms. The Morgan fingerprint density at radius 2 is 0.603 bits per heavy atom. The molecule has 0 bridgehead atoms. The van der Waals surface area contributed by atoms with E-state index in [4.69, 9.17) is 17.0 Å². The van der Waals surface area contributed by atoms with Crippen molar-refractivity contribution in [1.82, 2.24) is 0 Å². The fourth-order valence-electron chi connectivity index (χ4n) is 13.2. The minimum Gasteiger partial charge on any atom is -0.164 e. The minimum atomic E-state index is -0.826. The second kappa shape index (κ2) is 25.9. The molecule has 14 rings (SSSR count). The predicted octanol–water partition coefficient (Wildman–Crippen LogP) is 22.8. The van der Waals surface area contributed by atoms with Gasteiger partial charge in [0.2, 0.25) is 0 Å². The molecule has 0 unspecified atom stereocenters. The average molecular weight is 1150 g/mol. The third kappa shape index (κ3) is 11.9. The molecule has 2 saturated carbocycles. The topological polar surface area (TPSA) is 0 Å². The van der Waals surface area contributed by atoms with E-state index in [1.807, 2.05) is 0 Å². The third-order valence-electron chi connectivity index (χ3n) is 16.7. The summed E-state index contributed by atoms with van der Waals surface area (Å²) in [6.07, 6.45) is 16.4. The van der Waals surface area contributed by atoms with E-state index in [9.17, 15) is 0 Å². The van der Waals surface area contributed by atoms with E-state index in [-0.39, 0.29) is 0 Å². The molecular formula is C74H68Cl2SiZr. The molecule has 0 amide bonds. The van der Waals surface area contributed by atoms with Gasteiger partial charge in [-0.25, -0.2) is 0 Å². The summed E-state index contributed by atoms with van der Waals surface area (Å²) in [5.41, 5.74) is 13.7. The summed E-state index contributed by atoms with van der Waals surface area (Å²) in [6.45, 7) is 4.31. The monoisotopic (exact) mass is 1140 g/mol. The molecule has 0 saturated heterocycles. The summed E-state index contributed by atoms with van der Waals surface area (Å²) >= 11 is -0.826. The molecule has 0 aromatic heterocycles. The van der Waals surface area contributed by atoms with Crippen LogP contribution in [0.4, 0.5) is 0 Å². The van der Waals surface area contributed by atoms with Gasteiger partial charge >= 0.3 is 37.9 Å². The number of benzene rings is 10. The summed E-state index contributed by atoms with van der Waals surface area (Å²) in [7, 11) is 11.0. The van der Waals surface area contributed by atoms with Gasteiger partial charge in [0, 0.05) is 9.52 Å². The summed E-state index contributed by atoms with van der Waals surface area (Å²) < 4.78 is 0. The van der Waals surface area contributed by atoms with Crippen molar-refractivity contribution in [1.29, 1.82) is 0 Å². The molecule has 4 heteroatoms. The molecular weight excluding hydrogens is 1080 g/mol. The van der Waals surface area contributed by atoms with Crippen molar-refractivity contribution in [3.05, 3.63) is 230 Å². The molecule has 2 fully saturated rings. The van der Waals surface area contributed by atoms with E-state index in [1.54, 1.807) is 0 Å². The van der Waals surface area contributed by atoms with Gasteiger partial charge in [-0.1, -0.05) is 305 Å². The molecule has 12 aromatic rings. The van der Waals surface area contributed by atoms with Crippen molar-refractivity contribution < 1.29 is 20.8 Å². The van der Waals surface area contributed by atoms with E-state index in [2.05, 4.69) is 231 Å². The SMILES string of the molecule is C[Si]C.[Cl][Zr+2][Cl].c1ccc2c(-c3ccc(-c4cccc5ccccc45)c4[cH-]c(CC5CCCCC5)cc34)cccc2c1.c1ccc2c(-c3ccc(-c4cccc5ccccc45)c4[cH-]c(CC5CCCCC5)cc34)cccc2c1. The first-order valence-electron chi connectivity index (χ1n) is 28.5. The van der Waals surface area contributed by atoms with Gasteiger partial charge in [-0.15, -0.1) is 44.8 Å². The van der Waals surface area contributed by atoms with Crippen molar-refractivity contribution in [3.8, 4) is 44.5 Å². The van der Waals surface area contributed by atoms with E-state index >= 15 is 0 Å². The van der Waals surface area contributed by atoms with Gasteiger partial charge in [0.15, 0.2) is 0 Å². The Bertz CT molecular complexity index is 3450. The van der Waals surface area contributed by atoms with Gasteiger partial charge < -0.3 is 0 Å². The average Bonchev–Trinajstić information content (AvgIpc) is 4.17. The molecule has 386 valence electrons. The van der Waals surface area contributed by atoms with Gasteiger partial charge in [0.25, 0.3) is 0 Å². The molecule has 2 radical (unpaired) electrons. The summed E-state index contributed by atoms with van der Waals surface area (Å²) in [5.74, 6) is 1.66. The standard InChI is InChI=1S/2C36H31.C2H6Si.2ClH.Zr/c2*1-2-10-25(11-3-1)22-26-23-35-33(31-18-8-14-27-12-4-6-16-29(27)31)20-21-34(36(35)24-26)32-19-9-15-28-13-5-7-17-30(28)32;1-3-2;;;/h2*4-9,12-21,23-25H,1-3,10-11,22H2;1-2H3;2*1H;/q2*-1;;;;+4/p-2. The first kappa shape index (κ1) is 54.1. The van der Waals surface area contributed by atoms with Gasteiger partial charge in [-0.3, -0.25) is 0 Å². The quantitative estimate of drug-likeness (QED) is 0.105. The minimum absolute atomic E-state index is 0.826. The van der Waals surface area contributed by atoms with Crippen LogP contribution in [0.25, 0.3) is 109 Å². The first-order valence-corrected chi connectivity index (χ1v) is 36.8. The fraction of sp³-hybridized carbons (Fsp3) is 0.216. The van der Waals surface area contributed by atoms with Crippen LogP contribution in [-0.4, -0.2) is 9.52 Å². The van der Waals surface area contributed by atoms with Crippen molar-refractivity contribution >= 4 is 91.2 Å². The third-order valence-corrected chi connectivity index (χ3v) is 16.7. The molecule has 2 aliphatic carbocycles. The molecule has 78 heavy (non-hydrogen) atoms. The Hall–Kier alpha value is -5.86. The van der Waals surface area contributed by atoms with Crippen LogP contribution in [-0.2, 0) is 33.7 Å². The summed E-state index contributed by atoms with van der Waals surface area (Å²) in [4.78, 5) is 0. The van der Waals surface area contributed by atoms with Crippen molar-refractivity contribution in [2.75, 3.05) is 0 Å². The number of fused-ring (bicyclic) bond motifs is 6. The van der Waals surface area contributed by atoms with E-state index in [0.29, 0.717) is 0 Å². The van der Waals surface area contributed by atoms with Crippen LogP contribution in [0.1, 0.15) is 75.3 Å². The molecule has 0 atom stereocenters. The Kier molecular flexibility index (Phi) is 18.0. The van der Waals surface area contributed by atoms with E-state index < -0.39 is 20.8 Å². The van der Waals surface area contributed by atoms with Crippen molar-refractivity contribution in [3.63, 3.8) is 0 Å². The second-order valence-corrected chi connectivity index (χ2v) is 26.5. The maximum atomic E-state index is 4.93. The van der Waals surface area contributed by atoms with Crippen LogP contribution in [0.15, 0.2) is 218 Å². The maximum Gasteiger partial charge on any atom is -0.0114 e. The molecule has 2 aliphatic rings. The number of hydrogen-bond acceptors (Lipinski definition) is 0. The number of halogens is 2. The van der Waals surface area contributed by atoms with Gasteiger partial charge in [-0.05, 0) is 78.9 Å². The smallest absolute Gasteiger partial charge is 0.0114 e. The normalized spacial score (nSPS) is 13.9. The zero-order chi connectivity index (χ0) is 53.2. The van der Waals surface area contributed by atoms with Gasteiger partial charge in [-0.2, -0.15) is 12.1 Å². The molecule has 0 aliphatic heterocycles. The van der Waals surface area contributed by atoms with Crippen LogP contribution in [0, 0.1) is 11.8 Å². The van der Waals surface area contributed by atoms with Crippen molar-refractivity contribution in [2.24, 2.45) is 11.8 Å². The van der Waals surface area contributed by atoms with Gasteiger partial charge in [0.05, 0.1) is 0 Å². The molecule has 0 N–H and O–H groups in total. The molecule has 0 nitrogen and oxygen atoms in total. The van der Waals surface area contributed by atoms with Crippen LogP contribution in [0.5, 0.6) is 0 Å². The Morgan fingerprint density at radius 1 is 0.346 bits per heavy atom. The molecule has 0 heterocycles. The Morgan fingerprint density at radius 3 is 0.923 bits per heavy atom. The Balaban J connectivity index is 0.000000151. The van der Waals surface area contributed by atoms with Gasteiger partial charge in [0.1, 0.15) is 0 Å². The summed E-state index contributed by atoms with van der Waals surface area (Å²) in [5, 5.41) is 16.1. The van der Waals surface area contributed by atoms with E-state index in [1.165, 1.54) is 197 Å². The fourth-order valence-corrected chi connectivity index (χ4v) is 13.2. The van der Waals surface area contributed by atoms with Crippen LogP contribution < -0.4 is 0 Å². The summed E-state index contributed by atoms with van der Waals surface area (Å²) in [6, 6.07) is 81.5. The van der Waals surface area contributed by atoms with E-state index in [0.717, 1.165) is 21.4 Å². The second-order valence-electron chi connectivity index (χ2n) is 21.8. The first-order chi connectivity index (χ1) is 38.5. The number of hydrogen-bond donors (Lipinski definition) is 0. The largest absolute Gasteiger partial charge is 0.164 e. The zero-order valence-corrected chi connectivity index (χ0v) is 50.2. The molecule has 12 aromatic carbocycles. The van der Waals surface area contributed by atoms with Crippen molar-refractivity contribution in [2.45, 2.75) is 90.1 Å². The Labute approximate surface area is 484 Å². The zero-order valence-electron chi connectivity index (χ0n) is 45.2. The number of rotatable bonds is 8. The van der Waals surface area contributed by atoms with Crippen LogP contribution >= 0.6 is 17.0 Å². The predicted molar refractivity (Wildman–Crippen MR) is 341 cm³/mol. The van der Waals surface area contributed by atoms with Crippen LogP contribution in [0.3, 0.4) is 0 Å². The maximum absolute atomic E-state index is 4.93.